The number of fused-ring (bicyclic) bond motifs is 1. The van der Waals surface area contributed by atoms with E-state index in [1.807, 2.05) is 18.2 Å². The Hall–Kier alpha value is -2.56. The molecule has 0 atom stereocenters. The van der Waals surface area contributed by atoms with Crippen LogP contribution in [0.3, 0.4) is 0 Å². The Morgan fingerprint density at radius 3 is 2.50 bits per heavy atom. The zero-order chi connectivity index (χ0) is 13.9. The Balaban J connectivity index is 1.94. The summed E-state index contributed by atoms with van der Waals surface area (Å²) in [6.45, 7) is 1.29. The van der Waals surface area contributed by atoms with E-state index in [4.69, 9.17) is 14.6 Å². The molecule has 0 fully saturated rings. The van der Waals surface area contributed by atoms with Gasteiger partial charge in [0.25, 0.3) is 0 Å². The molecule has 1 N–H and O–H groups in total. The van der Waals surface area contributed by atoms with E-state index in [0.717, 1.165) is 23.3 Å². The molecule has 0 amide bonds. The molecule has 5 nitrogen and oxygen atoms in total. The second-order valence-electron chi connectivity index (χ2n) is 4.45. The molecule has 102 valence electrons. The van der Waals surface area contributed by atoms with Crippen molar-refractivity contribution in [2.75, 3.05) is 13.2 Å². The predicted molar refractivity (Wildman–Crippen MR) is 72.2 cm³/mol. The van der Waals surface area contributed by atoms with Gasteiger partial charge in [-0.3, -0.25) is 0 Å². The molecule has 0 bridgehead atoms. The summed E-state index contributed by atoms with van der Waals surface area (Å²) < 4.78 is 11.2. The second kappa shape index (κ2) is 5.21. The molecule has 5 heteroatoms. The molecule has 2 aromatic rings. The zero-order valence-corrected chi connectivity index (χ0v) is 10.7. The minimum absolute atomic E-state index is 0.0306. The first-order valence-electron chi connectivity index (χ1n) is 6.33. The number of hydrogen-bond donors (Lipinski definition) is 1. The molecule has 20 heavy (non-hydrogen) atoms. The number of pyridine rings is 1. The summed E-state index contributed by atoms with van der Waals surface area (Å²) in [5.41, 5.74) is 1.78. The van der Waals surface area contributed by atoms with Crippen LogP contribution < -0.4 is 9.47 Å². The molecule has 0 aliphatic carbocycles. The molecular formula is C15H13NO4. The van der Waals surface area contributed by atoms with Gasteiger partial charge in [0.05, 0.1) is 13.2 Å². The van der Waals surface area contributed by atoms with Crippen molar-refractivity contribution in [1.82, 2.24) is 4.98 Å². The van der Waals surface area contributed by atoms with Crippen molar-refractivity contribution >= 4 is 5.97 Å². The number of carboxylic acid groups (broad SMARTS) is 1. The van der Waals surface area contributed by atoms with Gasteiger partial charge in [0.1, 0.15) is 5.69 Å². The maximum atomic E-state index is 10.8. The number of ether oxygens (including phenoxy) is 2. The molecule has 1 aliphatic rings. The lowest BCUT2D eigenvalue weighted by Gasteiger charge is -2.09. The van der Waals surface area contributed by atoms with E-state index in [9.17, 15) is 4.79 Å². The summed E-state index contributed by atoms with van der Waals surface area (Å²) in [5, 5.41) is 8.84. The van der Waals surface area contributed by atoms with Gasteiger partial charge in [0.2, 0.25) is 0 Å². The fourth-order valence-electron chi connectivity index (χ4n) is 2.03. The van der Waals surface area contributed by atoms with Crippen molar-refractivity contribution in [3.05, 3.63) is 42.2 Å². The van der Waals surface area contributed by atoms with Crippen LogP contribution in [0.2, 0.25) is 0 Å². The van der Waals surface area contributed by atoms with Crippen LogP contribution in [-0.2, 0) is 0 Å². The number of nitrogens with zero attached hydrogens (tertiary/aromatic N) is 1. The van der Waals surface area contributed by atoms with Gasteiger partial charge in [-0.1, -0.05) is 12.1 Å². The maximum Gasteiger partial charge on any atom is 0.354 e. The number of aromatic carboxylic acids is 1. The first-order chi connectivity index (χ1) is 9.74. The number of aromatic nitrogens is 1. The van der Waals surface area contributed by atoms with Crippen LogP contribution in [0.5, 0.6) is 11.5 Å². The third-order valence-electron chi connectivity index (χ3n) is 3.06. The van der Waals surface area contributed by atoms with Gasteiger partial charge in [0.15, 0.2) is 11.5 Å². The zero-order valence-electron chi connectivity index (χ0n) is 10.7. The van der Waals surface area contributed by atoms with E-state index in [0.29, 0.717) is 19.0 Å². The van der Waals surface area contributed by atoms with E-state index in [1.54, 1.807) is 12.3 Å². The number of carboxylic acids is 1. The van der Waals surface area contributed by atoms with Gasteiger partial charge >= 0.3 is 5.97 Å². The Kier molecular flexibility index (Phi) is 3.25. The van der Waals surface area contributed by atoms with Crippen molar-refractivity contribution in [2.45, 2.75) is 6.42 Å². The molecular weight excluding hydrogens is 258 g/mol. The Morgan fingerprint density at radius 1 is 1.05 bits per heavy atom. The standard InChI is InChI=1S/C15H13NO4/c17-15(18)12-4-2-11(9-16-12)10-3-5-13-14(8-10)20-7-1-6-19-13/h2-5,8-9H,1,6-7H2,(H,17,18). The topological polar surface area (TPSA) is 68.7 Å². The lowest BCUT2D eigenvalue weighted by atomic mass is 10.1. The summed E-state index contributed by atoms with van der Waals surface area (Å²) in [6, 6.07) is 8.88. The first kappa shape index (κ1) is 12.5. The largest absolute Gasteiger partial charge is 0.490 e. The van der Waals surface area contributed by atoms with E-state index < -0.39 is 5.97 Å². The number of benzene rings is 1. The summed E-state index contributed by atoms with van der Waals surface area (Å²) in [6.07, 6.45) is 2.40. The van der Waals surface area contributed by atoms with Gasteiger partial charge in [-0.2, -0.15) is 0 Å². The molecule has 2 heterocycles. The molecule has 0 unspecified atom stereocenters. The normalized spacial score (nSPS) is 13.6. The Morgan fingerprint density at radius 2 is 1.80 bits per heavy atom. The number of hydrogen-bond acceptors (Lipinski definition) is 4. The fraction of sp³-hybridized carbons (Fsp3) is 0.200. The van der Waals surface area contributed by atoms with E-state index >= 15 is 0 Å². The number of rotatable bonds is 2. The van der Waals surface area contributed by atoms with E-state index in [-0.39, 0.29) is 5.69 Å². The quantitative estimate of drug-likeness (QED) is 0.909. The average molecular weight is 271 g/mol. The highest BCUT2D eigenvalue weighted by Gasteiger charge is 2.12. The fourth-order valence-corrected chi connectivity index (χ4v) is 2.03. The molecule has 0 saturated carbocycles. The summed E-state index contributed by atoms with van der Waals surface area (Å²) >= 11 is 0. The molecule has 1 aromatic heterocycles. The minimum atomic E-state index is -1.03. The molecule has 1 aromatic carbocycles. The van der Waals surface area contributed by atoms with Gasteiger partial charge in [-0.25, -0.2) is 9.78 Å². The lowest BCUT2D eigenvalue weighted by molar-refractivity contribution is 0.0690. The van der Waals surface area contributed by atoms with Gasteiger partial charge in [0, 0.05) is 18.2 Å². The van der Waals surface area contributed by atoms with Crippen molar-refractivity contribution < 1.29 is 19.4 Å². The average Bonchev–Trinajstić information content (AvgIpc) is 2.71. The van der Waals surface area contributed by atoms with Gasteiger partial charge in [-0.15, -0.1) is 0 Å². The lowest BCUT2D eigenvalue weighted by Crippen LogP contribution is -1.99. The molecule has 1 aliphatic heterocycles. The summed E-state index contributed by atoms with van der Waals surface area (Å²) in [4.78, 5) is 14.7. The minimum Gasteiger partial charge on any atom is -0.490 e. The SMILES string of the molecule is O=C(O)c1ccc(-c2ccc3c(c2)OCCCO3)cn1. The molecule has 0 spiro atoms. The third kappa shape index (κ3) is 2.42. The van der Waals surface area contributed by atoms with Gasteiger partial charge in [-0.05, 0) is 23.8 Å². The van der Waals surface area contributed by atoms with Crippen LogP contribution in [0.1, 0.15) is 16.9 Å². The third-order valence-corrected chi connectivity index (χ3v) is 3.06. The van der Waals surface area contributed by atoms with E-state index in [2.05, 4.69) is 4.98 Å². The van der Waals surface area contributed by atoms with E-state index in [1.165, 1.54) is 6.07 Å². The van der Waals surface area contributed by atoms with Crippen molar-refractivity contribution in [3.63, 3.8) is 0 Å². The Bertz CT molecular complexity index is 637. The Labute approximate surface area is 115 Å². The first-order valence-corrected chi connectivity index (χ1v) is 6.33. The van der Waals surface area contributed by atoms with Crippen molar-refractivity contribution in [3.8, 4) is 22.6 Å². The molecule has 0 radical (unpaired) electrons. The van der Waals surface area contributed by atoms with Crippen LogP contribution in [0.4, 0.5) is 0 Å². The highest BCUT2D eigenvalue weighted by molar-refractivity contribution is 5.85. The molecule has 3 rings (SSSR count). The van der Waals surface area contributed by atoms with Crippen LogP contribution in [0.15, 0.2) is 36.5 Å². The summed E-state index contributed by atoms with van der Waals surface area (Å²) in [7, 11) is 0. The van der Waals surface area contributed by atoms with Crippen LogP contribution >= 0.6 is 0 Å². The molecule has 0 saturated heterocycles. The van der Waals surface area contributed by atoms with Crippen LogP contribution in [0.25, 0.3) is 11.1 Å². The van der Waals surface area contributed by atoms with Crippen LogP contribution in [0, 0.1) is 0 Å². The second-order valence-corrected chi connectivity index (χ2v) is 4.45. The van der Waals surface area contributed by atoms with Crippen LogP contribution in [-0.4, -0.2) is 29.3 Å². The highest BCUT2D eigenvalue weighted by Crippen LogP contribution is 2.33. The smallest absolute Gasteiger partial charge is 0.354 e. The highest BCUT2D eigenvalue weighted by atomic mass is 16.5. The van der Waals surface area contributed by atoms with Crippen molar-refractivity contribution in [1.29, 1.82) is 0 Å². The predicted octanol–water partition coefficient (Wildman–Crippen LogP) is 2.61. The maximum absolute atomic E-state index is 10.8. The van der Waals surface area contributed by atoms with Crippen molar-refractivity contribution in [2.24, 2.45) is 0 Å². The van der Waals surface area contributed by atoms with Gasteiger partial charge < -0.3 is 14.6 Å². The number of carbonyl (C=O) groups is 1. The monoisotopic (exact) mass is 271 g/mol. The summed E-state index contributed by atoms with van der Waals surface area (Å²) in [5.74, 6) is 0.416.